The maximum absolute atomic E-state index is 10.2. The fourth-order valence-corrected chi connectivity index (χ4v) is 1.80. The van der Waals surface area contributed by atoms with Gasteiger partial charge in [-0.15, -0.1) is 0 Å². The predicted molar refractivity (Wildman–Crippen MR) is 73.4 cm³/mol. The molecule has 1 unspecified atom stereocenters. The molecular weight excluding hydrogens is 224 g/mol. The van der Waals surface area contributed by atoms with Crippen molar-refractivity contribution < 1.29 is 9.84 Å². The molecule has 2 rings (SSSR count). The van der Waals surface area contributed by atoms with Crippen LogP contribution < -0.4 is 4.74 Å². The van der Waals surface area contributed by atoms with Gasteiger partial charge in [-0.05, 0) is 28.8 Å². The second-order valence-electron chi connectivity index (χ2n) is 4.07. The van der Waals surface area contributed by atoms with Crippen molar-refractivity contribution in [2.45, 2.75) is 6.10 Å². The molecule has 0 heterocycles. The minimum atomic E-state index is -0.681. The van der Waals surface area contributed by atoms with Crippen molar-refractivity contribution in [3.8, 4) is 5.75 Å². The average Bonchev–Trinajstić information content (AvgIpc) is 2.47. The third kappa shape index (κ3) is 2.60. The average molecular weight is 240 g/mol. The van der Waals surface area contributed by atoms with Crippen molar-refractivity contribution >= 4 is 5.57 Å². The summed E-state index contributed by atoms with van der Waals surface area (Å²) in [5.74, 6) is 0.792. The molecule has 0 spiro atoms. The van der Waals surface area contributed by atoms with E-state index >= 15 is 0 Å². The standard InChI is InChI=1S/C16H16O2/c1-12(13-8-10-15(18-2)11-9-13)16(17)14-6-4-3-5-7-14/h3-11,16-17H,1H2,2H3. The van der Waals surface area contributed by atoms with Crippen molar-refractivity contribution in [1.29, 1.82) is 0 Å². The highest BCUT2D eigenvalue weighted by Gasteiger charge is 2.12. The molecule has 0 aliphatic heterocycles. The Labute approximate surface area is 107 Å². The van der Waals surface area contributed by atoms with E-state index in [1.54, 1.807) is 7.11 Å². The topological polar surface area (TPSA) is 29.5 Å². The minimum Gasteiger partial charge on any atom is -0.497 e. The second-order valence-corrected chi connectivity index (χ2v) is 4.07. The van der Waals surface area contributed by atoms with Crippen molar-refractivity contribution in [2.75, 3.05) is 7.11 Å². The van der Waals surface area contributed by atoms with Gasteiger partial charge in [-0.1, -0.05) is 49.0 Å². The Balaban J connectivity index is 2.20. The molecule has 1 atom stereocenters. The van der Waals surface area contributed by atoms with Gasteiger partial charge in [0.15, 0.2) is 0 Å². The summed E-state index contributed by atoms with van der Waals surface area (Å²) in [6.45, 7) is 3.97. The van der Waals surface area contributed by atoms with E-state index < -0.39 is 6.10 Å². The van der Waals surface area contributed by atoms with E-state index in [1.165, 1.54) is 0 Å². The van der Waals surface area contributed by atoms with Gasteiger partial charge >= 0.3 is 0 Å². The largest absolute Gasteiger partial charge is 0.497 e. The molecular formula is C16H16O2. The summed E-state index contributed by atoms with van der Waals surface area (Å²) in [5, 5.41) is 10.2. The zero-order valence-electron chi connectivity index (χ0n) is 10.3. The van der Waals surface area contributed by atoms with E-state index in [4.69, 9.17) is 4.74 Å². The van der Waals surface area contributed by atoms with Crippen molar-refractivity contribution in [1.82, 2.24) is 0 Å². The number of aliphatic hydroxyl groups is 1. The molecule has 0 radical (unpaired) electrons. The van der Waals surface area contributed by atoms with Gasteiger partial charge < -0.3 is 9.84 Å². The van der Waals surface area contributed by atoms with Crippen LogP contribution >= 0.6 is 0 Å². The lowest BCUT2D eigenvalue weighted by atomic mass is 9.97. The summed E-state index contributed by atoms with van der Waals surface area (Å²) < 4.78 is 5.10. The summed E-state index contributed by atoms with van der Waals surface area (Å²) in [4.78, 5) is 0. The molecule has 0 aromatic heterocycles. The van der Waals surface area contributed by atoms with Gasteiger partial charge in [-0.3, -0.25) is 0 Å². The number of rotatable bonds is 4. The number of hydrogen-bond acceptors (Lipinski definition) is 2. The van der Waals surface area contributed by atoms with Crippen molar-refractivity contribution in [3.05, 3.63) is 72.3 Å². The van der Waals surface area contributed by atoms with Crippen LogP contribution in [0.25, 0.3) is 5.57 Å². The van der Waals surface area contributed by atoms with Gasteiger partial charge in [-0.25, -0.2) is 0 Å². The number of benzene rings is 2. The monoisotopic (exact) mass is 240 g/mol. The first-order valence-electron chi connectivity index (χ1n) is 5.78. The summed E-state index contributed by atoms with van der Waals surface area (Å²) >= 11 is 0. The van der Waals surface area contributed by atoms with Gasteiger partial charge in [0.25, 0.3) is 0 Å². The molecule has 0 aliphatic rings. The lowest BCUT2D eigenvalue weighted by Gasteiger charge is -2.14. The molecule has 92 valence electrons. The van der Waals surface area contributed by atoms with E-state index in [2.05, 4.69) is 6.58 Å². The fraction of sp³-hybridized carbons (Fsp3) is 0.125. The third-order valence-corrected chi connectivity index (χ3v) is 2.91. The minimum absolute atomic E-state index is 0.681. The first-order valence-corrected chi connectivity index (χ1v) is 5.78. The molecule has 2 aromatic carbocycles. The first kappa shape index (κ1) is 12.4. The zero-order chi connectivity index (χ0) is 13.0. The highest BCUT2D eigenvalue weighted by atomic mass is 16.5. The Kier molecular flexibility index (Phi) is 3.80. The third-order valence-electron chi connectivity index (χ3n) is 2.91. The molecule has 0 saturated carbocycles. The SMILES string of the molecule is C=C(c1ccc(OC)cc1)C(O)c1ccccc1. The van der Waals surface area contributed by atoms with Crippen molar-refractivity contribution in [2.24, 2.45) is 0 Å². The van der Waals surface area contributed by atoms with Crippen LogP contribution in [0.1, 0.15) is 17.2 Å². The predicted octanol–water partition coefficient (Wildman–Crippen LogP) is 3.44. The van der Waals surface area contributed by atoms with Crippen LogP contribution in [0.15, 0.2) is 61.2 Å². The number of hydrogen-bond donors (Lipinski definition) is 1. The van der Waals surface area contributed by atoms with E-state index in [0.717, 1.165) is 16.9 Å². The summed E-state index contributed by atoms with van der Waals surface area (Å²) in [6.07, 6.45) is -0.681. The maximum Gasteiger partial charge on any atom is 0.118 e. The van der Waals surface area contributed by atoms with E-state index in [0.29, 0.717) is 5.57 Å². The molecule has 2 aromatic rings. The van der Waals surface area contributed by atoms with E-state index in [9.17, 15) is 5.11 Å². The van der Waals surface area contributed by atoms with Crippen LogP contribution in [0.2, 0.25) is 0 Å². The van der Waals surface area contributed by atoms with Crippen LogP contribution in [0.3, 0.4) is 0 Å². The van der Waals surface area contributed by atoms with Crippen LogP contribution in [0.5, 0.6) is 5.75 Å². The molecule has 0 bridgehead atoms. The molecule has 1 N–H and O–H groups in total. The maximum atomic E-state index is 10.2. The lowest BCUT2D eigenvalue weighted by molar-refractivity contribution is 0.238. The lowest BCUT2D eigenvalue weighted by Crippen LogP contribution is -1.99. The molecule has 2 heteroatoms. The highest BCUT2D eigenvalue weighted by molar-refractivity contribution is 5.68. The van der Waals surface area contributed by atoms with E-state index in [-0.39, 0.29) is 0 Å². The van der Waals surface area contributed by atoms with Gasteiger partial charge in [0.1, 0.15) is 11.9 Å². The fourth-order valence-electron chi connectivity index (χ4n) is 1.80. The Morgan fingerprint density at radius 1 is 1.06 bits per heavy atom. The second kappa shape index (κ2) is 5.52. The summed E-state index contributed by atoms with van der Waals surface area (Å²) in [7, 11) is 1.63. The smallest absolute Gasteiger partial charge is 0.118 e. The summed E-state index contributed by atoms with van der Waals surface area (Å²) in [5.41, 5.74) is 2.44. The van der Waals surface area contributed by atoms with Gasteiger partial charge in [0.2, 0.25) is 0 Å². The molecule has 0 fully saturated rings. The Morgan fingerprint density at radius 3 is 2.22 bits per heavy atom. The van der Waals surface area contributed by atoms with Crippen LogP contribution in [-0.2, 0) is 0 Å². The van der Waals surface area contributed by atoms with Gasteiger partial charge in [0.05, 0.1) is 7.11 Å². The molecule has 0 saturated heterocycles. The van der Waals surface area contributed by atoms with Crippen LogP contribution in [0.4, 0.5) is 0 Å². The van der Waals surface area contributed by atoms with Crippen LogP contribution in [-0.4, -0.2) is 12.2 Å². The quantitative estimate of drug-likeness (QED) is 0.887. The number of ether oxygens (including phenoxy) is 1. The first-order chi connectivity index (χ1) is 8.72. The Bertz CT molecular complexity index is 515. The number of aliphatic hydroxyl groups excluding tert-OH is 1. The van der Waals surface area contributed by atoms with Crippen molar-refractivity contribution in [3.63, 3.8) is 0 Å². The molecule has 0 amide bonds. The highest BCUT2D eigenvalue weighted by Crippen LogP contribution is 2.29. The normalized spacial score (nSPS) is 11.9. The molecule has 0 aliphatic carbocycles. The number of methoxy groups -OCH3 is 1. The van der Waals surface area contributed by atoms with Gasteiger partial charge in [0, 0.05) is 0 Å². The Morgan fingerprint density at radius 2 is 1.67 bits per heavy atom. The van der Waals surface area contributed by atoms with Gasteiger partial charge in [-0.2, -0.15) is 0 Å². The Hall–Kier alpha value is -2.06. The summed E-state index contributed by atoms with van der Waals surface area (Å²) in [6, 6.07) is 17.0. The van der Waals surface area contributed by atoms with Crippen LogP contribution in [0, 0.1) is 0 Å². The van der Waals surface area contributed by atoms with E-state index in [1.807, 2.05) is 54.6 Å². The molecule has 2 nitrogen and oxygen atoms in total. The molecule has 18 heavy (non-hydrogen) atoms. The zero-order valence-corrected chi connectivity index (χ0v) is 10.3.